The zero-order valence-corrected chi connectivity index (χ0v) is 14.6. The summed E-state index contributed by atoms with van der Waals surface area (Å²) in [6.45, 7) is 1.85. The van der Waals surface area contributed by atoms with Gasteiger partial charge in [-0.15, -0.1) is 0 Å². The summed E-state index contributed by atoms with van der Waals surface area (Å²) in [6, 6.07) is 0. The van der Waals surface area contributed by atoms with Crippen LogP contribution in [0.2, 0.25) is 0 Å². The number of anilines is 1. The van der Waals surface area contributed by atoms with Crippen molar-refractivity contribution in [3.8, 4) is 0 Å². The molecule has 0 saturated carbocycles. The van der Waals surface area contributed by atoms with Gasteiger partial charge in [-0.05, 0) is 19.3 Å². The van der Waals surface area contributed by atoms with Crippen molar-refractivity contribution >= 4 is 17.5 Å². The third-order valence-corrected chi connectivity index (χ3v) is 5.33. The first-order chi connectivity index (χ1) is 12.0. The Labute approximate surface area is 146 Å². The molecule has 0 radical (unpaired) electrons. The first-order valence-electron chi connectivity index (χ1n) is 8.57. The van der Waals surface area contributed by atoms with E-state index in [9.17, 15) is 9.59 Å². The van der Waals surface area contributed by atoms with Crippen LogP contribution in [0.3, 0.4) is 0 Å². The molecule has 0 N–H and O–H groups in total. The van der Waals surface area contributed by atoms with Crippen LogP contribution in [0.1, 0.15) is 29.6 Å². The number of rotatable bonds is 2. The zero-order chi connectivity index (χ0) is 17.6. The van der Waals surface area contributed by atoms with Crippen molar-refractivity contribution in [2.45, 2.75) is 19.3 Å². The highest BCUT2D eigenvalue weighted by Gasteiger charge is 2.50. The largest absolute Gasteiger partial charge is 0.337 e. The van der Waals surface area contributed by atoms with Gasteiger partial charge in [0.2, 0.25) is 5.91 Å². The Hall–Kier alpha value is -2.64. The second-order valence-electron chi connectivity index (χ2n) is 7.09. The van der Waals surface area contributed by atoms with E-state index in [1.807, 2.05) is 23.0 Å². The molecule has 2 aromatic rings. The first kappa shape index (κ1) is 15.9. The van der Waals surface area contributed by atoms with E-state index in [1.54, 1.807) is 35.0 Å². The number of hydrogen-bond acceptors (Lipinski definition) is 4. The predicted octanol–water partition coefficient (Wildman–Crippen LogP) is 0.813. The smallest absolute Gasteiger partial charge is 0.257 e. The van der Waals surface area contributed by atoms with Crippen LogP contribution in [-0.4, -0.2) is 55.9 Å². The number of nitrogens with zero attached hydrogens (tertiary/aromatic N) is 6. The molecular formula is C17H22N6O2. The molecule has 2 aliphatic rings. The molecule has 2 saturated heterocycles. The molecule has 1 atom stereocenters. The van der Waals surface area contributed by atoms with Gasteiger partial charge < -0.3 is 9.80 Å². The van der Waals surface area contributed by atoms with Crippen molar-refractivity contribution < 1.29 is 9.59 Å². The third kappa shape index (κ3) is 2.61. The zero-order valence-electron chi connectivity index (χ0n) is 14.6. The minimum absolute atomic E-state index is 0.0418. The Kier molecular flexibility index (Phi) is 3.63. The number of aromatic nitrogens is 4. The summed E-state index contributed by atoms with van der Waals surface area (Å²) in [5.41, 5.74) is 0.945. The van der Waals surface area contributed by atoms with Gasteiger partial charge in [0.1, 0.15) is 0 Å². The van der Waals surface area contributed by atoms with Crippen LogP contribution in [-0.2, 0) is 18.9 Å². The fourth-order valence-corrected chi connectivity index (χ4v) is 4.01. The number of aryl methyl sites for hydroxylation is 2. The maximum Gasteiger partial charge on any atom is 0.257 e. The van der Waals surface area contributed by atoms with E-state index in [-0.39, 0.29) is 11.8 Å². The molecule has 8 nitrogen and oxygen atoms in total. The first-order valence-corrected chi connectivity index (χ1v) is 8.57. The number of carbonyl (C=O) groups excluding carboxylic acids is 2. The second kappa shape index (κ2) is 5.72. The van der Waals surface area contributed by atoms with Gasteiger partial charge in [-0.25, -0.2) is 0 Å². The molecule has 8 heteroatoms. The molecule has 0 aliphatic carbocycles. The molecule has 4 rings (SSSR count). The minimum Gasteiger partial charge on any atom is -0.337 e. The van der Waals surface area contributed by atoms with E-state index >= 15 is 0 Å². The molecule has 2 aliphatic heterocycles. The van der Waals surface area contributed by atoms with Crippen LogP contribution in [0.15, 0.2) is 24.8 Å². The lowest BCUT2D eigenvalue weighted by molar-refractivity contribution is -0.127. The fraction of sp³-hybridized carbons (Fsp3) is 0.529. The fourth-order valence-electron chi connectivity index (χ4n) is 4.01. The lowest BCUT2D eigenvalue weighted by Gasteiger charge is -2.38. The number of carbonyl (C=O) groups is 2. The summed E-state index contributed by atoms with van der Waals surface area (Å²) < 4.78 is 3.32. The Balaban J connectivity index is 1.54. The molecule has 1 spiro atoms. The Morgan fingerprint density at radius 2 is 1.84 bits per heavy atom. The van der Waals surface area contributed by atoms with Crippen LogP contribution in [0.4, 0.5) is 5.69 Å². The maximum absolute atomic E-state index is 13.1. The monoisotopic (exact) mass is 342 g/mol. The highest BCUT2D eigenvalue weighted by molar-refractivity contribution is 6.01. The van der Waals surface area contributed by atoms with Gasteiger partial charge in [0.25, 0.3) is 5.91 Å². The van der Waals surface area contributed by atoms with Crippen LogP contribution in [0.5, 0.6) is 0 Å². The van der Waals surface area contributed by atoms with Crippen molar-refractivity contribution in [1.29, 1.82) is 0 Å². The van der Waals surface area contributed by atoms with Gasteiger partial charge in [-0.3, -0.25) is 19.0 Å². The number of hydrogen-bond donors (Lipinski definition) is 0. The molecular weight excluding hydrogens is 320 g/mol. The van der Waals surface area contributed by atoms with Crippen LogP contribution in [0.25, 0.3) is 0 Å². The summed E-state index contributed by atoms with van der Waals surface area (Å²) in [5.74, 6) is 0.0731. The number of amides is 2. The Bertz CT molecular complexity index is 825. The summed E-state index contributed by atoms with van der Waals surface area (Å²) in [4.78, 5) is 29.5. The van der Waals surface area contributed by atoms with Crippen LogP contribution in [0, 0.1) is 5.41 Å². The van der Waals surface area contributed by atoms with E-state index in [1.165, 1.54) is 0 Å². The summed E-state index contributed by atoms with van der Waals surface area (Å²) >= 11 is 0. The summed E-state index contributed by atoms with van der Waals surface area (Å²) in [5, 5.41) is 8.24. The molecule has 1 unspecified atom stereocenters. The average molecular weight is 342 g/mol. The molecule has 0 bridgehead atoms. The lowest BCUT2D eigenvalue weighted by Crippen LogP contribution is -2.49. The topological polar surface area (TPSA) is 76.3 Å². The summed E-state index contributed by atoms with van der Waals surface area (Å²) in [6.07, 6.45) is 9.34. The van der Waals surface area contributed by atoms with Crippen LogP contribution < -0.4 is 4.90 Å². The molecule has 2 amide bonds. The molecule has 2 fully saturated rings. The normalized spacial score (nSPS) is 23.7. The van der Waals surface area contributed by atoms with E-state index < -0.39 is 5.41 Å². The molecule has 0 aromatic carbocycles. The lowest BCUT2D eigenvalue weighted by atomic mass is 9.78. The van der Waals surface area contributed by atoms with Gasteiger partial charge >= 0.3 is 0 Å². The van der Waals surface area contributed by atoms with E-state index in [4.69, 9.17) is 0 Å². The predicted molar refractivity (Wildman–Crippen MR) is 91.0 cm³/mol. The highest BCUT2D eigenvalue weighted by Crippen LogP contribution is 2.42. The molecule has 132 valence electrons. The number of likely N-dealkylation sites (tertiary alicyclic amines) is 1. The Morgan fingerprint density at radius 1 is 1.08 bits per heavy atom. The van der Waals surface area contributed by atoms with Gasteiger partial charge in [0.15, 0.2) is 0 Å². The van der Waals surface area contributed by atoms with Crippen molar-refractivity contribution in [3.05, 3.63) is 30.4 Å². The van der Waals surface area contributed by atoms with E-state index in [0.717, 1.165) is 24.9 Å². The number of piperidine rings is 1. The third-order valence-electron chi connectivity index (χ3n) is 5.33. The van der Waals surface area contributed by atoms with Crippen molar-refractivity contribution in [3.63, 3.8) is 0 Å². The van der Waals surface area contributed by atoms with Crippen LogP contribution >= 0.6 is 0 Å². The van der Waals surface area contributed by atoms with Gasteiger partial charge in [-0.2, -0.15) is 10.2 Å². The minimum atomic E-state index is -0.466. The van der Waals surface area contributed by atoms with Gasteiger partial charge in [0, 0.05) is 46.1 Å². The van der Waals surface area contributed by atoms with Crippen molar-refractivity contribution in [2.24, 2.45) is 19.5 Å². The van der Waals surface area contributed by atoms with Gasteiger partial charge in [-0.1, -0.05) is 0 Å². The Morgan fingerprint density at radius 3 is 2.52 bits per heavy atom. The second-order valence-corrected chi connectivity index (χ2v) is 7.09. The van der Waals surface area contributed by atoms with Gasteiger partial charge in [0.05, 0.1) is 29.1 Å². The van der Waals surface area contributed by atoms with Crippen molar-refractivity contribution in [1.82, 2.24) is 24.5 Å². The maximum atomic E-state index is 13.1. The van der Waals surface area contributed by atoms with E-state index in [2.05, 4.69) is 10.2 Å². The molecule has 4 heterocycles. The quantitative estimate of drug-likeness (QED) is 0.809. The van der Waals surface area contributed by atoms with Crippen molar-refractivity contribution in [2.75, 3.05) is 24.5 Å². The highest BCUT2D eigenvalue weighted by atomic mass is 16.2. The molecule has 25 heavy (non-hydrogen) atoms. The summed E-state index contributed by atoms with van der Waals surface area (Å²) in [7, 11) is 3.63. The SMILES string of the molecule is Cn1cc(C(=O)N2CCCC3(CCN(c4cnn(C)c4)C3=O)C2)cn1. The molecule has 2 aromatic heterocycles. The average Bonchev–Trinajstić information content (AvgIpc) is 3.29. The standard InChI is InChI=1S/C17H22N6O2/c1-20-10-13(8-18-20)15(24)22-6-3-4-17(12-22)5-7-23(16(17)25)14-9-19-21(2)11-14/h8-11H,3-7,12H2,1-2H3. The van der Waals surface area contributed by atoms with E-state index in [0.29, 0.717) is 25.2 Å².